The largest absolute Gasteiger partial charge is 0.493 e. The Morgan fingerprint density at radius 3 is 2.38 bits per heavy atom. The van der Waals surface area contributed by atoms with Gasteiger partial charge in [-0.3, -0.25) is 4.79 Å². The summed E-state index contributed by atoms with van der Waals surface area (Å²) in [4.78, 5) is 12.5. The number of methoxy groups -OCH3 is 1. The number of rotatable bonds is 10. The first-order chi connectivity index (χ1) is 18.0. The second kappa shape index (κ2) is 12.8. The van der Waals surface area contributed by atoms with Crippen LogP contribution in [0.3, 0.4) is 0 Å². The third kappa shape index (κ3) is 7.49. The quantitative estimate of drug-likeness (QED) is 0.177. The number of hydrazone groups is 1. The van der Waals surface area contributed by atoms with Crippen molar-refractivity contribution in [2.24, 2.45) is 5.10 Å². The van der Waals surface area contributed by atoms with Crippen LogP contribution in [0.1, 0.15) is 27.0 Å². The summed E-state index contributed by atoms with van der Waals surface area (Å²) < 4.78 is 17.1. The topological polar surface area (TPSA) is 69.2 Å². The van der Waals surface area contributed by atoms with Crippen molar-refractivity contribution in [3.8, 4) is 17.2 Å². The Bertz CT molecular complexity index is 1380. The van der Waals surface area contributed by atoms with Gasteiger partial charge in [-0.1, -0.05) is 59.6 Å². The predicted octanol–water partition coefficient (Wildman–Crippen LogP) is 6.92. The number of nitrogens with one attached hydrogen (secondary N) is 1. The minimum absolute atomic E-state index is 0.283. The number of ether oxygens (including phenoxy) is 3. The van der Waals surface area contributed by atoms with Gasteiger partial charge in [0.15, 0.2) is 11.5 Å². The molecule has 0 aliphatic rings. The molecule has 188 valence electrons. The van der Waals surface area contributed by atoms with E-state index in [9.17, 15) is 4.79 Å². The van der Waals surface area contributed by atoms with Crippen LogP contribution >= 0.6 is 23.2 Å². The van der Waals surface area contributed by atoms with E-state index in [4.69, 9.17) is 37.4 Å². The number of carbonyl (C=O) groups excluding carboxylic acids is 1. The Labute approximate surface area is 225 Å². The maximum absolute atomic E-state index is 12.5. The van der Waals surface area contributed by atoms with Crippen molar-refractivity contribution < 1.29 is 19.0 Å². The highest BCUT2D eigenvalue weighted by molar-refractivity contribution is 6.35. The molecule has 4 aromatic rings. The van der Waals surface area contributed by atoms with Gasteiger partial charge >= 0.3 is 0 Å². The smallest absolute Gasteiger partial charge is 0.271 e. The van der Waals surface area contributed by atoms with Crippen molar-refractivity contribution in [3.05, 3.63) is 123 Å². The molecule has 0 aromatic heterocycles. The molecule has 0 bridgehead atoms. The highest BCUT2D eigenvalue weighted by Crippen LogP contribution is 2.28. The molecule has 0 aliphatic heterocycles. The number of hydrogen-bond acceptors (Lipinski definition) is 5. The molecular formula is C29H24Cl2N2O4. The van der Waals surface area contributed by atoms with E-state index in [2.05, 4.69) is 10.5 Å². The van der Waals surface area contributed by atoms with Gasteiger partial charge in [-0.15, -0.1) is 0 Å². The summed E-state index contributed by atoms with van der Waals surface area (Å²) in [7, 11) is 1.57. The van der Waals surface area contributed by atoms with Crippen LogP contribution in [0.15, 0.2) is 96.1 Å². The molecule has 6 nitrogen and oxygen atoms in total. The van der Waals surface area contributed by atoms with Gasteiger partial charge < -0.3 is 14.2 Å². The molecular weight excluding hydrogens is 511 g/mol. The van der Waals surface area contributed by atoms with Gasteiger partial charge in [0.25, 0.3) is 5.91 Å². The average molecular weight is 535 g/mol. The van der Waals surface area contributed by atoms with Crippen molar-refractivity contribution in [1.82, 2.24) is 5.43 Å². The summed E-state index contributed by atoms with van der Waals surface area (Å²) >= 11 is 12.1. The van der Waals surface area contributed by atoms with Crippen LogP contribution in [0, 0.1) is 0 Å². The summed E-state index contributed by atoms with van der Waals surface area (Å²) in [6.07, 6.45) is 1.54. The molecule has 0 saturated carbocycles. The molecule has 0 heterocycles. The molecule has 1 amide bonds. The lowest BCUT2D eigenvalue weighted by Crippen LogP contribution is -2.17. The maximum atomic E-state index is 12.5. The molecule has 4 rings (SSSR count). The van der Waals surface area contributed by atoms with Crippen LogP contribution in [0.2, 0.25) is 10.0 Å². The summed E-state index contributed by atoms with van der Waals surface area (Å²) in [5.41, 5.74) is 5.58. The van der Waals surface area contributed by atoms with Crippen molar-refractivity contribution in [1.29, 1.82) is 0 Å². The molecule has 0 unspecified atom stereocenters. The second-order valence-corrected chi connectivity index (χ2v) is 8.78. The summed E-state index contributed by atoms with van der Waals surface area (Å²) in [5, 5.41) is 5.16. The van der Waals surface area contributed by atoms with E-state index in [0.717, 1.165) is 16.7 Å². The van der Waals surface area contributed by atoms with Gasteiger partial charge in [-0.05, 0) is 65.7 Å². The van der Waals surface area contributed by atoms with E-state index in [1.807, 2.05) is 42.5 Å². The van der Waals surface area contributed by atoms with Gasteiger partial charge in [0, 0.05) is 21.2 Å². The third-order valence-corrected chi connectivity index (χ3v) is 5.92. The Morgan fingerprint density at radius 1 is 0.865 bits per heavy atom. The van der Waals surface area contributed by atoms with Crippen molar-refractivity contribution >= 4 is 35.3 Å². The van der Waals surface area contributed by atoms with E-state index >= 15 is 0 Å². The summed E-state index contributed by atoms with van der Waals surface area (Å²) in [5.74, 6) is 1.45. The molecule has 0 fully saturated rings. The maximum Gasteiger partial charge on any atom is 0.271 e. The van der Waals surface area contributed by atoms with Crippen LogP contribution in [0.4, 0.5) is 0 Å². The Kier molecular flexibility index (Phi) is 9.03. The van der Waals surface area contributed by atoms with Gasteiger partial charge in [0.05, 0.1) is 13.3 Å². The minimum Gasteiger partial charge on any atom is -0.493 e. The summed E-state index contributed by atoms with van der Waals surface area (Å²) in [6.45, 7) is 0.713. The van der Waals surface area contributed by atoms with Gasteiger partial charge in [0.2, 0.25) is 0 Å². The number of carbonyl (C=O) groups is 1. The molecule has 0 atom stereocenters. The van der Waals surface area contributed by atoms with E-state index < -0.39 is 0 Å². The lowest BCUT2D eigenvalue weighted by Gasteiger charge is -2.11. The predicted molar refractivity (Wildman–Crippen MR) is 146 cm³/mol. The number of benzene rings is 4. The molecule has 0 radical (unpaired) electrons. The first-order valence-electron chi connectivity index (χ1n) is 11.4. The zero-order valence-corrected chi connectivity index (χ0v) is 21.5. The lowest BCUT2D eigenvalue weighted by molar-refractivity contribution is 0.0955. The zero-order valence-electron chi connectivity index (χ0n) is 20.0. The van der Waals surface area contributed by atoms with Crippen LogP contribution in [-0.2, 0) is 13.2 Å². The Morgan fingerprint density at radius 2 is 1.65 bits per heavy atom. The molecule has 0 spiro atoms. The molecule has 4 aromatic carbocycles. The highest BCUT2D eigenvalue weighted by Gasteiger charge is 2.08. The van der Waals surface area contributed by atoms with Gasteiger partial charge in [-0.25, -0.2) is 5.43 Å². The molecule has 8 heteroatoms. The SMILES string of the molecule is COc1cc(/C=N\NC(=O)c2ccc(OCc3ccc(Cl)cc3Cl)cc2)ccc1OCc1ccccc1. The number of halogens is 2. The van der Waals surface area contributed by atoms with Gasteiger partial charge in [0.1, 0.15) is 19.0 Å². The Hall–Kier alpha value is -4.00. The minimum atomic E-state index is -0.349. The fourth-order valence-corrected chi connectivity index (χ4v) is 3.81. The van der Waals surface area contributed by atoms with Crippen molar-refractivity contribution in [3.63, 3.8) is 0 Å². The molecule has 37 heavy (non-hydrogen) atoms. The van der Waals surface area contributed by atoms with E-state index in [1.54, 1.807) is 55.6 Å². The first kappa shape index (κ1) is 26.1. The van der Waals surface area contributed by atoms with E-state index in [1.165, 1.54) is 6.21 Å². The Balaban J connectivity index is 1.30. The molecule has 0 aliphatic carbocycles. The van der Waals surface area contributed by atoms with Crippen LogP contribution in [0.25, 0.3) is 0 Å². The number of hydrogen-bond donors (Lipinski definition) is 1. The summed E-state index contributed by atoms with van der Waals surface area (Å²) in [6, 6.07) is 27.3. The molecule has 0 saturated heterocycles. The number of amides is 1. The van der Waals surface area contributed by atoms with Crippen LogP contribution < -0.4 is 19.6 Å². The fraction of sp³-hybridized carbons (Fsp3) is 0.103. The monoisotopic (exact) mass is 534 g/mol. The van der Waals surface area contributed by atoms with E-state index in [0.29, 0.717) is 39.5 Å². The normalized spacial score (nSPS) is 10.8. The zero-order chi connectivity index (χ0) is 26.0. The van der Waals surface area contributed by atoms with Crippen molar-refractivity contribution in [2.75, 3.05) is 7.11 Å². The second-order valence-electron chi connectivity index (χ2n) is 7.93. The van der Waals surface area contributed by atoms with E-state index in [-0.39, 0.29) is 12.5 Å². The van der Waals surface area contributed by atoms with Crippen LogP contribution in [-0.4, -0.2) is 19.2 Å². The number of nitrogens with zero attached hydrogens (tertiary/aromatic N) is 1. The third-order valence-electron chi connectivity index (χ3n) is 5.33. The van der Waals surface area contributed by atoms with Crippen LogP contribution in [0.5, 0.6) is 17.2 Å². The van der Waals surface area contributed by atoms with Crippen molar-refractivity contribution in [2.45, 2.75) is 13.2 Å². The standard InChI is InChI=1S/C29H24Cl2N2O4/c1-35-28-15-21(7-14-27(28)37-18-20-5-3-2-4-6-20)17-32-33-29(34)22-9-12-25(13-10-22)36-19-23-8-11-24(30)16-26(23)31/h2-17H,18-19H2,1H3,(H,33,34)/b32-17-. The molecule has 1 N–H and O–H groups in total. The highest BCUT2D eigenvalue weighted by atomic mass is 35.5. The average Bonchev–Trinajstić information content (AvgIpc) is 2.92. The first-order valence-corrected chi connectivity index (χ1v) is 12.1. The fourth-order valence-electron chi connectivity index (χ4n) is 3.35. The van der Waals surface area contributed by atoms with Gasteiger partial charge in [-0.2, -0.15) is 5.10 Å². The lowest BCUT2D eigenvalue weighted by atomic mass is 10.2.